The molecule has 5 aromatic rings. The predicted octanol–water partition coefficient (Wildman–Crippen LogP) is 7.88. The van der Waals surface area contributed by atoms with Crippen molar-refractivity contribution < 1.29 is 37.7 Å². The van der Waals surface area contributed by atoms with E-state index in [0.29, 0.717) is 49.4 Å². The largest absolute Gasteiger partial charge is 0.480 e. The maximum Gasteiger partial charge on any atom is 0.387 e. The number of alkyl halides is 2. The molecule has 0 spiro atoms. The van der Waals surface area contributed by atoms with Gasteiger partial charge in [0.25, 0.3) is 0 Å². The lowest BCUT2D eigenvalue weighted by Gasteiger charge is -2.22. The molecule has 1 unspecified atom stereocenters. The molecule has 1 saturated heterocycles. The summed E-state index contributed by atoms with van der Waals surface area (Å²) >= 11 is 0. The molecule has 4 aromatic carbocycles. The number of hydrogen-bond acceptors (Lipinski definition) is 7. The fourth-order valence-corrected chi connectivity index (χ4v) is 7.37. The van der Waals surface area contributed by atoms with E-state index in [1.807, 2.05) is 36.1 Å². The van der Waals surface area contributed by atoms with Crippen LogP contribution in [0.3, 0.4) is 0 Å². The van der Waals surface area contributed by atoms with Crippen LogP contribution < -0.4 is 4.74 Å². The molecule has 0 aliphatic carbocycles. The Morgan fingerprint density at radius 1 is 0.940 bits per heavy atom. The number of likely N-dealkylation sites (tertiary alicyclic amines) is 1. The highest BCUT2D eigenvalue weighted by molar-refractivity contribution is 5.85. The third-order valence-electron chi connectivity index (χ3n) is 10.2. The number of fused-ring (bicyclic) bond motifs is 2. The molecule has 2 N–H and O–H groups in total. The molecule has 0 bridgehead atoms. The Balaban J connectivity index is 1.22. The number of carbonyl (C=O) groups is 2. The first kappa shape index (κ1) is 33.4. The fraction of sp³-hybridized carbons (Fsp3) is 0.308. The summed E-state index contributed by atoms with van der Waals surface area (Å²) in [6, 6.07) is 20.2. The summed E-state index contributed by atoms with van der Waals surface area (Å²) in [5.74, 6) is -1.51. The van der Waals surface area contributed by atoms with Crippen molar-refractivity contribution in [1.82, 2.24) is 14.8 Å². The quantitative estimate of drug-likeness (QED) is 0.152. The topological polar surface area (TPSA) is 116 Å². The van der Waals surface area contributed by atoms with Crippen molar-refractivity contribution in [1.29, 1.82) is 0 Å². The van der Waals surface area contributed by atoms with Gasteiger partial charge in [-0.1, -0.05) is 42.5 Å². The van der Waals surface area contributed by atoms with E-state index in [4.69, 9.17) is 14.1 Å². The number of hydrogen-bond donors (Lipinski definition) is 2. The van der Waals surface area contributed by atoms with Crippen molar-refractivity contribution >= 4 is 23.0 Å². The minimum absolute atomic E-state index is 0.0696. The van der Waals surface area contributed by atoms with Crippen LogP contribution in [0.25, 0.3) is 44.8 Å². The molecular weight excluding hydrogens is 644 g/mol. The van der Waals surface area contributed by atoms with E-state index in [2.05, 4.69) is 37.3 Å². The fourth-order valence-electron chi connectivity index (χ4n) is 7.37. The van der Waals surface area contributed by atoms with Gasteiger partial charge in [-0.15, -0.1) is 0 Å². The molecule has 258 valence electrons. The summed E-state index contributed by atoms with van der Waals surface area (Å²) in [4.78, 5) is 31.8. The van der Waals surface area contributed by atoms with Crippen molar-refractivity contribution in [2.24, 2.45) is 0 Å². The van der Waals surface area contributed by atoms with E-state index in [0.717, 1.165) is 50.1 Å². The third kappa shape index (κ3) is 6.23. The van der Waals surface area contributed by atoms with Crippen LogP contribution in [-0.4, -0.2) is 62.2 Å². The van der Waals surface area contributed by atoms with E-state index < -0.39 is 30.6 Å². The minimum Gasteiger partial charge on any atom is -0.480 e. The number of rotatable bonds is 10. The van der Waals surface area contributed by atoms with Crippen LogP contribution in [0.4, 0.5) is 8.78 Å². The molecule has 3 heterocycles. The standard InChI is InChI=1S/C39H37F2N3O6/c1-21-28(24-12-13-25-18-44(19-26(25)15-24)23(3)37(45)46)7-4-8-29(21)30-9-5-10-31(22(30)2)36-42-32-16-27(20-43-14-6-11-33(43)38(47)48)34(50-39(40)41)17-35(32)49-36/h4-5,7-10,12-13,15-17,23,33,39H,6,11,14,18-20H2,1-3H3,(H,45,46)(H,47,48)/t23?,33-/m0/s1. The SMILES string of the molecule is Cc1c(-c2ccc3c(c2)CN(C(C)C(=O)O)C3)cccc1-c1cccc(-c2nc3cc(CN4CCC[C@H]4C(=O)O)c(OC(F)F)cc3o2)c1C. The summed E-state index contributed by atoms with van der Waals surface area (Å²) in [6.45, 7) is 4.59. The second kappa shape index (κ2) is 13.3. The first-order valence-electron chi connectivity index (χ1n) is 16.6. The van der Waals surface area contributed by atoms with Gasteiger partial charge in [0.2, 0.25) is 5.89 Å². The van der Waals surface area contributed by atoms with Crippen molar-refractivity contribution in [2.45, 2.75) is 71.9 Å². The number of oxazole rings is 1. The van der Waals surface area contributed by atoms with Gasteiger partial charge in [-0.25, -0.2) is 4.98 Å². The monoisotopic (exact) mass is 681 g/mol. The van der Waals surface area contributed by atoms with Gasteiger partial charge in [-0.2, -0.15) is 8.78 Å². The van der Waals surface area contributed by atoms with Gasteiger partial charge in [0, 0.05) is 36.8 Å². The first-order valence-corrected chi connectivity index (χ1v) is 16.6. The van der Waals surface area contributed by atoms with Gasteiger partial charge in [-0.05, 0) is 103 Å². The predicted molar refractivity (Wildman–Crippen MR) is 184 cm³/mol. The average molecular weight is 682 g/mol. The van der Waals surface area contributed by atoms with E-state index >= 15 is 0 Å². The van der Waals surface area contributed by atoms with Crippen molar-refractivity contribution in [2.75, 3.05) is 6.54 Å². The highest BCUT2D eigenvalue weighted by atomic mass is 19.3. The van der Waals surface area contributed by atoms with Gasteiger partial charge < -0.3 is 19.4 Å². The molecule has 7 rings (SSSR count). The van der Waals surface area contributed by atoms with Crippen molar-refractivity contribution in [3.8, 4) is 39.5 Å². The average Bonchev–Trinajstić information content (AvgIpc) is 3.83. The molecule has 1 fully saturated rings. The smallest absolute Gasteiger partial charge is 0.387 e. The van der Waals surface area contributed by atoms with Crippen molar-refractivity contribution in [3.05, 3.63) is 94.5 Å². The summed E-state index contributed by atoms with van der Waals surface area (Å²) in [5.41, 5.74) is 10.3. The van der Waals surface area contributed by atoms with Crippen molar-refractivity contribution in [3.63, 3.8) is 0 Å². The zero-order chi connectivity index (χ0) is 35.3. The molecule has 0 amide bonds. The van der Waals surface area contributed by atoms with Crippen LogP contribution in [0.2, 0.25) is 0 Å². The third-order valence-corrected chi connectivity index (χ3v) is 10.2. The number of nitrogens with zero attached hydrogens (tertiary/aromatic N) is 3. The second-order valence-electron chi connectivity index (χ2n) is 13.2. The Bertz CT molecular complexity index is 2130. The number of aromatic nitrogens is 1. The maximum atomic E-state index is 13.4. The second-order valence-corrected chi connectivity index (χ2v) is 13.2. The molecule has 2 aliphatic heterocycles. The van der Waals surface area contributed by atoms with Gasteiger partial charge in [0.05, 0.1) is 0 Å². The highest BCUT2D eigenvalue weighted by Crippen LogP contribution is 2.39. The number of benzene rings is 4. The van der Waals surface area contributed by atoms with Crippen LogP contribution in [0.15, 0.2) is 71.1 Å². The molecule has 50 heavy (non-hydrogen) atoms. The highest BCUT2D eigenvalue weighted by Gasteiger charge is 2.32. The van der Waals surface area contributed by atoms with Crippen LogP contribution in [-0.2, 0) is 29.2 Å². The Kier molecular flexibility index (Phi) is 8.87. The maximum absolute atomic E-state index is 13.4. The Hall–Kier alpha value is -5.13. The van der Waals surface area contributed by atoms with Gasteiger partial charge in [-0.3, -0.25) is 19.4 Å². The summed E-state index contributed by atoms with van der Waals surface area (Å²) in [5, 5.41) is 19.1. The molecule has 9 nitrogen and oxygen atoms in total. The van der Waals surface area contributed by atoms with Crippen LogP contribution in [0.5, 0.6) is 5.75 Å². The Labute approximate surface area is 287 Å². The summed E-state index contributed by atoms with van der Waals surface area (Å²) < 4.78 is 37.9. The normalized spacial score (nSPS) is 17.0. The summed E-state index contributed by atoms with van der Waals surface area (Å²) in [6.07, 6.45) is 1.20. The van der Waals surface area contributed by atoms with E-state index in [1.165, 1.54) is 6.07 Å². The molecule has 2 atom stereocenters. The van der Waals surface area contributed by atoms with Gasteiger partial charge >= 0.3 is 18.6 Å². The molecule has 0 radical (unpaired) electrons. The Morgan fingerprint density at radius 3 is 2.32 bits per heavy atom. The molecule has 0 saturated carbocycles. The zero-order valence-corrected chi connectivity index (χ0v) is 28.0. The van der Waals surface area contributed by atoms with E-state index in [-0.39, 0.29) is 17.9 Å². The van der Waals surface area contributed by atoms with Gasteiger partial charge in [0.15, 0.2) is 5.58 Å². The van der Waals surface area contributed by atoms with E-state index in [1.54, 1.807) is 17.9 Å². The zero-order valence-electron chi connectivity index (χ0n) is 28.0. The summed E-state index contributed by atoms with van der Waals surface area (Å²) in [7, 11) is 0. The molecular formula is C39H37F2N3O6. The molecule has 11 heteroatoms. The first-order chi connectivity index (χ1) is 24.0. The van der Waals surface area contributed by atoms with E-state index in [9.17, 15) is 28.6 Å². The lowest BCUT2D eigenvalue weighted by Crippen LogP contribution is -2.35. The van der Waals surface area contributed by atoms with Crippen LogP contribution in [0, 0.1) is 13.8 Å². The van der Waals surface area contributed by atoms with Crippen LogP contribution in [0.1, 0.15) is 47.6 Å². The molecule has 1 aromatic heterocycles. The number of carboxylic acid groups (broad SMARTS) is 2. The lowest BCUT2D eigenvalue weighted by atomic mass is 9.89. The lowest BCUT2D eigenvalue weighted by molar-refractivity contribution is -0.143. The number of carboxylic acids is 2. The molecule has 2 aliphatic rings. The number of halogens is 2. The van der Waals surface area contributed by atoms with Crippen LogP contribution >= 0.6 is 0 Å². The van der Waals surface area contributed by atoms with Gasteiger partial charge in [0.1, 0.15) is 23.3 Å². The number of ether oxygens (including phenoxy) is 1. The Morgan fingerprint density at radius 2 is 1.62 bits per heavy atom. The minimum atomic E-state index is -3.06. The number of aliphatic carboxylic acids is 2.